The van der Waals surface area contributed by atoms with Crippen LogP contribution in [-0.2, 0) is 18.4 Å². The van der Waals surface area contributed by atoms with Crippen molar-refractivity contribution in [3.63, 3.8) is 0 Å². The number of nitrogens with one attached hydrogen (secondary N) is 1. The third kappa shape index (κ3) is 2.41. The zero-order valence-electron chi connectivity index (χ0n) is 11.3. The van der Waals surface area contributed by atoms with E-state index in [1.54, 1.807) is 4.88 Å². The monoisotopic (exact) mass is 252 g/mol. The molecule has 0 saturated carbocycles. The first kappa shape index (κ1) is 13.0. The summed E-state index contributed by atoms with van der Waals surface area (Å²) >= 11 is 1.96. The summed E-state index contributed by atoms with van der Waals surface area (Å²) in [6.07, 6.45) is 8.58. The van der Waals surface area contributed by atoms with E-state index in [4.69, 9.17) is 4.98 Å². The molecule has 1 heterocycles. The number of hydrogen-bond donors (Lipinski definition) is 1. The average molecular weight is 252 g/mol. The van der Waals surface area contributed by atoms with Gasteiger partial charge in [-0.25, -0.2) is 4.98 Å². The van der Waals surface area contributed by atoms with E-state index in [1.807, 2.05) is 11.3 Å². The highest BCUT2D eigenvalue weighted by Crippen LogP contribution is 2.38. The smallest absolute Gasteiger partial charge is 0.113 e. The third-order valence-corrected chi connectivity index (χ3v) is 5.20. The Morgan fingerprint density at radius 2 is 1.94 bits per heavy atom. The average Bonchev–Trinajstić information content (AvgIpc) is 2.88. The molecule has 2 nitrogen and oxygen atoms in total. The maximum absolute atomic E-state index is 4.93. The summed E-state index contributed by atoms with van der Waals surface area (Å²) in [5.41, 5.74) is 1.52. The number of thiazole rings is 1. The van der Waals surface area contributed by atoms with Crippen molar-refractivity contribution in [1.29, 1.82) is 0 Å². The van der Waals surface area contributed by atoms with Gasteiger partial charge in [0.15, 0.2) is 0 Å². The standard InChI is InChI=1S/C14H24N2S/c1-4-9-14(15-3,10-5-2)13-16-11-7-6-8-12(11)17-13/h15H,4-10H2,1-3H3. The lowest BCUT2D eigenvalue weighted by Crippen LogP contribution is -2.39. The van der Waals surface area contributed by atoms with Crippen LogP contribution in [0, 0.1) is 0 Å². The van der Waals surface area contributed by atoms with Gasteiger partial charge in [0.05, 0.1) is 11.2 Å². The van der Waals surface area contributed by atoms with Gasteiger partial charge >= 0.3 is 0 Å². The fraction of sp³-hybridized carbons (Fsp3) is 0.786. The molecule has 0 fully saturated rings. The molecule has 0 aromatic carbocycles. The van der Waals surface area contributed by atoms with Crippen LogP contribution in [0.15, 0.2) is 0 Å². The van der Waals surface area contributed by atoms with E-state index in [9.17, 15) is 0 Å². The molecule has 17 heavy (non-hydrogen) atoms. The Balaban J connectivity index is 2.29. The molecule has 0 spiro atoms. The predicted molar refractivity (Wildman–Crippen MR) is 74.7 cm³/mol. The molecule has 96 valence electrons. The van der Waals surface area contributed by atoms with Crippen molar-refractivity contribution in [2.75, 3.05) is 7.05 Å². The normalized spacial score (nSPS) is 15.2. The van der Waals surface area contributed by atoms with Gasteiger partial charge in [0.1, 0.15) is 5.01 Å². The Labute approximate surface area is 109 Å². The highest BCUT2D eigenvalue weighted by molar-refractivity contribution is 7.12. The maximum Gasteiger partial charge on any atom is 0.113 e. The molecule has 0 unspecified atom stereocenters. The van der Waals surface area contributed by atoms with Crippen LogP contribution in [-0.4, -0.2) is 12.0 Å². The summed E-state index contributed by atoms with van der Waals surface area (Å²) in [6, 6.07) is 0. The first-order chi connectivity index (χ1) is 8.25. The van der Waals surface area contributed by atoms with Crippen molar-refractivity contribution in [3.8, 4) is 0 Å². The second-order valence-corrected chi connectivity index (χ2v) is 6.16. The van der Waals surface area contributed by atoms with E-state index in [2.05, 4.69) is 26.2 Å². The third-order valence-electron chi connectivity index (χ3n) is 3.84. The molecule has 1 aromatic rings. The van der Waals surface area contributed by atoms with E-state index in [-0.39, 0.29) is 5.54 Å². The molecule has 0 saturated heterocycles. The lowest BCUT2D eigenvalue weighted by atomic mass is 9.89. The number of aromatic nitrogens is 1. The van der Waals surface area contributed by atoms with Gasteiger partial charge in [-0.1, -0.05) is 26.7 Å². The van der Waals surface area contributed by atoms with E-state index in [0.717, 1.165) is 0 Å². The summed E-state index contributed by atoms with van der Waals surface area (Å²) < 4.78 is 0. The zero-order valence-corrected chi connectivity index (χ0v) is 12.1. The van der Waals surface area contributed by atoms with Crippen molar-refractivity contribution in [2.45, 2.75) is 64.3 Å². The topological polar surface area (TPSA) is 24.9 Å². The maximum atomic E-state index is 4.93. The predicted octanol–water partition coefficient (Wildman–Crippen LogP) is 3.65. The molecule has 0 atom stereocenters. The van der Waals surface area contributed by atoms with Gasteiger partial charge in [0, 0.05) is 4.88 Å². The van der Waals surface area contributed by atoms with Gasteiger partial charge < -0.3 is 5.32 Å². The minimum Gasteiger partial charge on any atom is -0.308 e. The number of fused-ring (bicyclic) bond motifs is 1. The second kappa shape index (κ2) is 5.49. The highest BCUT2D eigenvalue weighted by Gasteiger charge is 2.33. The fourth-order valence-corrected chi connectivity index (χ4v) is 4.35. The first-order valence-corrected chi connectivity index (χ1v) is 7.75. The highest BCUT2D eigenvalue weighted by atomic mass is 32.1. The number of hydrogen-bond acceptors (Lipinski definition) is 3. The molecule has 1 aliphatic rings. The van der Waals surface area contributed by atoms with Crippen molar-refractivity contribution in [1.82, 2.24) is 10.3 Å². The molecule has 2 rings (SSSR count). The Hall–Kier alpha value is -0.410. The minimum atomic E-state index is 0.137. The fourth-order valence-electron chi connectivity index (χ4n) is 2.94. The van der Waals surface area contributed by atoms with E-state index in [0.29, 0.717) is 0 Å². The Morgan fingerprint density at radius 3 is 2.47 bits per heavy atom. The molecular weight excluding hydrogens is 228 g/mol. The minimum absolute atomic E-state index is 0.137. The quantitative estimate of drug-likeness (QED) is 0.836. The van der Waals surface area contributed by atoms with Crippen LogP contribution in [0.2, 0.25) is 0 Å². The van der Waals surface area contributed by atoms with Crippen molar-refractivity contribution in [3.05, 3.63) is 15.6 Å². The van der Waals surface area contributed by atoms with Gasteiger partial charge in [-0.2, -0.15) is 0 Å². The molecule has 0 bridgehead atoms. The molecule has 3 heteroatoms. The summed E-state index contributed by atoms with van der Waals surface area (Å²) in [5.74, 6) is 0. The van der Waals surface area contributed by atoms with Crippen LogP contribution in [0.25, 0.3) is 0 Å². The van der Waals surface area contributed by atoms with Crippen molar-refractivity contribution in [2.24, 2.45) is 0 Å². The molecule has 1 N–H and O–H groups in total. The van der Waals surface area contributed by atoms with Crippen LogP contribution in [0.4, 0.5) is 0 Å². The second-order valence-electron chi connectivity index (χ2n) is 5.07. The lowest BCUT2D eigenvalue weighted by Gasteiger charge is -2.31. The van der Waals surface area contributed by atoms with E-state index < -0.39 is 0 Å². The Morgan fingerprint density at radius 1 is 1.24 bits per heavy atom. The lowest BCUT2D eigenvalue weighted by molar-refractivity contribution is 0.300. The Kier molecular flexibility index (Phi) is 4.21. The van der Waals surface area contributed by atoms with Crippen LogP contribution in [0.5, 0.6) is 0 Å². The van der Waals surface area contributed by atoms with Crippen LogP contribution < -0.4 is 5.32 Å². The summed E-state index contributed by atoms with van der Waals surface area (Å²) in [6.45, 7) is 4.53. The summed E-state index contributed by atoms with van der Waals surface area (Å²) in [4.78, 5) is 6.48. The Bertz CT molecular complexity index is 343. The SMILES string of the molecule is CCCC(CCC)(NC)c1nc2c(s1)CCC2. The molecule has 1 aromatic heterocycles. The molecule has 0 aliphatic heterocycles. The van der Waals surface area contributed by atoms with Crippen molar-refractivity contribution < 1.29 is 0 Å². The summed E-state index contributed by atoms with van der Waals surface area (Å²) in [7, 11) is 2.10. The van der Waals surface area contributed by atoms with Gasteiger partial charge in [-0.3, -0.25) is 0 Å². The number of nitrogens with zero attached hydrogens (tertiary/aromatic N) is 1. The van der Waals surface area contributed by atoms with Gasteiger partial charge in [0.25, 0.3) is 0 Å². The van der Waals surface area contributed by atoms with Crippen LogP contribution in [0.3, 0.4) is 0 Å². The zero-order chi connectivity index (χ0) is 12.3. The van der Waals surface area contributed by atoms with E-state index >= 15 is 0 Å². The number of rotatable bonds is 6. The molecule has 1 aliphatic carbocycles. The largest absolute Gasteiger partial charge is 0.308 e. The van der Waals surface area contributed by atoms with Crippen LogP contribution >= 0.6 is 11.3 Å². The number of aryl methyl sites for hydroxylation is 2. The molecular formula is C14H24N2S. The van der Waals surface area contributed by atoms with Crippen LogP contribution in [0.1, 0.15) is 61.5 Å². The first-order valence-electron chi connectivity index (χ1n) is 6.93. The van der Waals surface area contributed by atoms with Gasteiger partial charge in [-0.05, 0) is 39.2 Å². The van der Waals surface area contributed by atoms with Crippen molar-refractivity contribution >= 4 is 11.3 Å². The van der Waals surface area contributed by atoms with Gasteiger partial charge in [-0.15, -0.1) is 11.3 Å². The van der Waals surface area contributed by atoms with Gasteiger partial charge in [0.2, 0.25) is 0 Å². The van der Waals surface area contributed by atoms with E-state index in [1.165, 1.54) is 55.6 Å². The molecule has 0 radical (unpaired) electrons. The summed E-state index contributed by atoms with van der Waals surface area (Å²) in [5, 5.41) is 4.91. The molecule has 0 amide bonds.